The van der Waals surface area contributed by atoms with Gasteiger partial charge in [-0.1, -0.05) is 6.92 Å². The Hall–Kier alpha value is -2.24. The number of amides is 1. The number of ether oxygens (including phenoxy) is 2. The van der Waals surface area contributed by atoms with Crippen molar-refractivity contribution >= 4 is 12.3 Å². The number of methoxy groups -OCH3 is 1. The summed E-state index contributed by atoms with van der Waals surface area (Å²) in [6.45, 7) is 2.59. The predicted molar refractivity (Wildman–Crippen MR) is 67.0 cm³/mol. The zero-order chi connectivity index (χ0) is 13.4. The van der Waals surface area contributed by atoms with Crippen LogP contribution in [0, 0.1) is 0 Å². The van der Waals surface area contributed by atoms with Crippen LogP contribution < -0.4 is 10.2 Å². The summed E-state index contributed by atoms with van der Waals surface area (Å²) in [7, 11) is 1.24. The maximum atomic E-state index is 10.7. The largest absolute Gasteiger partial charge is 0.507 e. The molecule has 0 unspecified atom stereocenters. The average Bonchev–Trinajstić information content (AvgIpc) is 2.38. The molecule has 0 aliphatic carbocycles. The first kappa shape index (κ1) is 13.8. The molecule has 6 heteroatoms. The van der Waals surface area contributed by atoms with Gasteiger partial charge in [0.1, 0.15) is 11.5 Å². The number of hydrogen-bond acceptors (Lipinski definition) is 5. The minimum atomic E-state index is -0.673. The molecule has 0 saturated heterocycles. The highest BCUT2D eigenvalue weighted by Gasteiger charge is 2.01. The summed E-state index contributed by atoms with van der Waals surface area (Å²) in [4.78, 5) is 10.7. The van der Waals surface area contributed by atoms with Crippen molar-refractivity contribution in [3.63, 3.8) is 0 Å². The van der Waals surface area contributed by atoms with E-state index in [4.69, 9.17) is 4.74 Å². The molecular formula is C12H16N2O4. The molecular weight excluding hydrogens is 236 g/mol. The third kappa shape index (κ3) is 4.32. The van der Waals surface area contributed by atoms with Crippen molar-refractivity contribution in [3.05, 3.63) is 23.8 Å². The van der Waals surface area contributed by atoms with Crippen LogP contribution in [0.1, 0.15) is 18.9 Å². The van der Waals surface area contributed by atoms with Gasteiger partial charge in [0.25, 0.3) is 0 Å². The van der Waals surface area contributed by atoms with Crippen LogP contribution in [-0.4, -0.2) is 31.1 Å². The number of carbonyl (C=O) groups is 1. The van der Waals surface area contributed by atoms with Crippen LogP contribution in [-0.2, 0) is 4.74 Å². The topological polar surface area (TPSA) is 80.2 Å². The number of benzene rings is 1. The third-order valence-electron chi connectivity index (χ3n) is 2.02. The van der Waals surface area contributed by atoms with E-state index in [1.165, 1.54) is 19.4 Å². The normalized spacial score (nSPS) is 10.3. The highest BCUT2D eigenvalue weighted by molar-refractivity contribution is 5.84. The Morgan fingerprint density at radius 1 is 1.56 bits per heavy atom. The van der Waals surface area contributed by atoms with Crippen LogP contribution in [0.15, 0.2) is 23.3 Å². The number of phenols is 1. The van der Waals surface area contributed by atoms with E-state index < -0.39 is 6.09 Å². The molecule has 0 aliphatic rings. The van der Waals surface area contributed by atoms with Crippen LogP contribution in [0.5, 0.6) is 11.5 Å². The number of nitrogens with one attached hydrogen (secondary N) is 1. The zero-order valence-corrected chi connectivity index (χ0v) is 10.3. The van der Waals surface area contributed by atoms with Gasteiger partial charge in [-0.3, -0.25) is 0 Å². The summed E-state index contributed by atoms with van der Waals surface area (Å²) >= 11 is 0. The van der Waals surface area contributed by atoms with Crippen molar-refractivity contribution < 1.29 is 19.4 Å². The molecule has 1 amide bonds. The fourth-order valence-corrected chi connectivity index (χ4v) is 1.14. The van der Waals surface area contributed by atoms with Gasteiger partial charge in [-0.2, -0.15) is 5.10 Å². The first-order chi connectivity index (χ1) is 8.67. The highest BCUT2D eigenvalue weighted by Crippen LogP contribution is 2.22. The molecule has 1 aromatic rings. The average molecular weight is 252 g/mol. The summed E-state index contributed by atoms with van der Waals surface area (Å²) in [6, 6.07) is 4.85. The van der Waals surface area contributed by atoms with Crippen LogP contribution >= 0.6 is 0 Å². The Balaban J connectivity index is 2.64. The minimum Gasteiger partial charge on any atom is -0.507 e. The Kier molecular flexibility index (Phi) is 5.50. The second kappa shape index (κ2) is 7.16. The third-order valence-corrected chi connectivity index (χ3v) is 2.02. The van der Waals surface area contributed by atoms with Gasteiger partial charge in [-0.05, 0) is 18.6 Å². The van der Waals surface area contributed by atoms with Crippen molar-refractivity contribution in [2.24, 2.45) is 5.10 Å². The maximum absolute atomic E-state index is 10.7. The predicted octanol–water partition coefficient (Wildman–Crippen LogP) is 1.87. The molecule has 0 saturated carbocycles. The summed E-state index contributed by atoms with van der Waals surface area (Å²) in [5.74, 6) is 0.617. The molecule has 0 radical (unpaired) electrons. The molecule has 6 nitrogen and oxygen atoms in total. The SMILES string of the molecule is CCCOc1ccc(C=NNC(=O)OC)c(O)c1. The van der Waals surface area contributed by atoms with E-state index in [-0.39, 0.29) is 5.75 Å². The quantitative estimate of drug-likeness (QED) is 0.619. The molecule has 0 spiro atoms. The van der Waals surface area contributed by atoms with Crippen LogP contribution in [0.4, 0.5) is 4.79 Å². The number of hydrogen-bond donors (Lipinski definition) is 2. The second-order valence-corrected chi connectivity index (χ2v) is 3.43. The van der Waals surface area contributed by atoms with Crippen molar-refractivity contribution in [2.45, 2.75) is 13.3 Å². The molecule has 0 aromatic heterocycles. The maximum Gasteiger partial charge on any atom is 0.427 e. The Bertz CT molecular complexity index is 432. The van der Waals surface area contributed by atoms with Crippen LogP contribution in [0.25, 0.3) is 0 Å². The van der Waals surface area contributed by atoms with E-state index in [0.29, 0.717) is 17.9 Å². The van der Waals surface area contributed by atoms with Crippen molar-refractivity contribution in [3.8, 4) is 11.5 Å². The molecule has 0 atom stereocenters. The van der Waals surface area contributed by atoms with Crippen molar-refractivity contribution in [1.82, 2.24) is 5.43 Å². The first-order valence-corrected chi connectivity index (χ1v) is 5.50. The monoisotopic (exact) mass is 252 g/mol. The molecule has 0 bridgehead atoms. The number of phenolic OH excluding ortho intramolecular Hbond substituents is 1. The lowest BCUT2D eigenvalue weighted by atomic mass is 10.2. The van der Waals surface area contributed by atoms with Crippen LogP contribution in [0.2, 0.25) is 0 Å². The lowest BCUT2D eigenvalue weighted by Gasteiger charge is -2.06. The molecule has 0 heterocycles. The fourth-order valence-electron chi connectivity index (χ4n) is 1.14. The number of nitrogens with zero attached hydrogens (tertiary/aromatic N) is 1. The lowest BCUT2D eigenvalue weighted by Crippen LogP contribution is -2.16. The molecule has 0 aliphatic heterocycles. The number of aromatic hydroxyl groups is 1. The summed E-state index contributed by atoms with van der Waals surface area (Å²) in [6.07, 6.45) is 1.54. The number of hydrazone groups is 1. The molecule has 1 aromatic carbocycles. The molecule has 98 valence electrons. The van der Waals surface area contributed by atoms with Gasteiger partial charge in [-0.15, -0.1) is 0 Å². The van der Waals surface area contributed by atoms with E-state index in [0.717, 1.165) is 6.42 Å². The van der Waals surface area contributed by atoms with E-state index in [9.17, 15) is 9.90 Å². The summed E-state index contributed by atoms with van der Waals surface area (Å²) in [5.41, 5.74) is 2.59. The van der Waals surface area contributed by atoms with Crippen LogP contribution in [0.3, 0.4) is 0 Å². The van der Waals surface area contributed by atoms with Gasteiger partial charge in [-0.25, -0.2) is 10.2 Å². The molecule has 0 fully saturated rings. The number of carbonyl (C=O) groups excluding carboxylic acids is 1. The van der Waals surface area contributed by atoms with E-state index in [2.05, 4.69) is 15.3 Å². The first-order valence-electron chi connectivity index (χ1n) is 5.50. The Labute approximate surface area is 105 Å². The molecule has 1 rings (SSSR count). The molecule has 2 N–H and O–H groups in total. The van der Waals surface area contributed by atoms with E-state index >= 15 is 0 Å². The van der Waals surface area contributed by atoms with E-state index in [1.807, 2.05) is 6.92 Å². The minimum absolute atomic E-state index is 0.0269. The number of rotatable bonds is 5. The van der Waals surface area contributed by atoms with Gasteiger partial charge in [0.2, 0.25) is 0 Å². The van der Waals surface area contributed by atoms with Gasteiger partial charge >= 0.3 is 6.09 Å². The van der Waals surface area contributed by atoms with Gasteiger partial charge in [0.05, 0.1) is 19.9 Å². The van der Waals surface area contributed by atoms with Crippen molar-refractivity contribution in [1.29, 1.82) is 0 Å². The Morgan fingerprint density at radius 3 is 2.94 bits per heavy atom. The standard InChI is InChI=1S/C12H16N2O4/c1-3-6-18-10-5-4-9(11(15)7-10)8-13-14-12(16)17-2/h4-5,7-8,15H,3,6H2,1-2H3,(H,14,16). The lowest BCUT2D eigenvalue weighted by molar-refractivity contribution is 0.171. The van der Waals surface area contributed by atoms with Crippen molar-refractivity contribution in [2.75, 3.05) is 13.7 Å². The Morgan fingerprint density at radius 2 is 2.33 bits per heavy atom. The van der Waals surface area contributed by atoms with Gasteiger partial charge in [0.15, 0.2) is 0 Å². The fraction of sp³-hybridized carbons (Fsp3) is 0.333. The summed E-state index contributed by atoms with van der Waals surface area (Å²) < 4.78 is 9.69. The highest BCUT2D eigenvalue weighted by atomic mass is 16.5. The second-order valence-electron chi connectivity index (χ2n) is 3.43. The molecule has 18 heavy (non-hydrogen) atoms. The zero-order valence-electron chi connectivity index (χ0n) is 10.3. The van der Waals surface area contributed by atoms with E-state index in [1.54, 1.807) is 12.1 Å². The smallest absolute Gasteiger partial charge is 0.427 e. The van der Waals surface area contributed by atoms with Gasteiger partial charge < -0.3 is 14.6 Å². The van der Waals surface area contributed by atoms with Gasteiger partial charge in [0, 0.05) is 11.6 Å². The summed E-state index contributed by atoms with van der Waals surface area (Å²) in [5, 5.41) is 13.3.